The molecule has 1 aromatic rings. The van der Waals surface area contributed by atoms with Crippen molar-refractivity contribution in [2.45, 2.75) is 83.9 Å². The molecular formula is C17H32N4O. The van der Waals surface area contributed by atoms with Crippen LogP contribution in [0.25, 0.3) is 0 Å². The number of aromatic nitrogens is 3. The van der Waals surface area contributed by atoms with Crippen LogP contribution >= 0.6 is 0 Å². The lowest BCUT2D eigenvalue weighted by Crippen LogP contribution is -2.28. The number of rotatable bonds is 9. The molecule has 0 spiro atoms. The Bertz CT molecular complexity index is 413. The molecule has 1 heterocycles. The van der Waals surface area contributed by atoms with E-state index in [0.717, 1.165) is 44.6 Å². The Kier molecular flexibility index (Phi) is 7.33. The van der Waals surface area contributed by atoms with E-state index in [4.69, 9.17) is 0 Å². The molecule has 1 N–H and O–H groups in total. The van der Waals surface area contributed by atoms with Crippen molar-refractivity contribution in [2.24, 2.45) is 0 Å². The van der Waals surface area contributed by atoms with Gasteiger partial charge in [0.1, 0.15) is 0 Å². The zero-order chi connectivity index (χ0) is 15.8. The molecular weight excluding hydrogens is 276 g/mol. The number of nitrogens with zero attached hydrogens (tertiary/aromatic N) is 4. The third-order valence-corrected chi connectivity index (χ3v) is 4.63. The molecule has 22 heavy (non-hydrogen) atoms. The lowest BCUT2D eigenvalue weighted by atomic mass is 9.93. The summed E-state index contributed by atoms with van der Waals surface area (Å²) in [6.45, 7) is 7.62. The smallest absolute Gasteiger partial charge is 0.0967 e. The van der Waals surface area contributed by atoms with E-state index in [1.54, 1.807) is 0 Å². The second-order valence-corrected chi connectivity index (χ2v) is 6.59. The minimum absolute atomic E-state index is 0.120. The molecule has 2 atom stereocenters. The highest BCUT2D eigenvalue weighted by atomic mass is 16.3. The average Bonchev–Trinajstić information content (AvgIpc) is 2.98. The predicted molar refractivity (Wildman–Crippen MR) is 88.6 cm³/mol. The van der Waals surface area contributed by atoms with Crippen LogP contribution in [0.2, 0.25) is 0 Å². The van der Waals surface area contributed by atoms with Crippen molar-refractivity contribution in [1.82, 2.24) is 19.9 Å². The molecule has 0 aliphatic heterocycles. The Morgan fingerprint density at radius 3 is 2.50 bits per heavy atom. The second kappa shape index (κ2) is 9.26. The second-order valence-electron chi connectivity index (χ2n) is 6.59. The van der Waals surface area contributed by atoms with Crippen molar-refractivity contribution in [1.29, 1.82) is 0 Å². The number of hydrogen-bond donors (Lipinski definition) is 1. The summed E-state index contributed by atoms with van der Waals surface area (Å²) in [5.41, 5.74) is 1.03. The molecule has 1 aromatic heterocycles. The number of hydrogen-bond acceptors (Lipinski definition) is 4. The first-order chi connectivity index (χ1) is 10.7. The van der Waals surface area contributed by atoms with Crippen LogP contribution in [0.3, 0.4) is 0 Å². The van der Waals surface area contributed by atoms with Crippen LogP contribution in [-0.4, -0.2) is 44.2 Å². The monoisotopic (exact) mass is 308 g/mol. The van der Waals surface area contributed by atoms with E-state index in [1.165, 1.54) is 32.1 Å². The number of aliphatic hydroxyl groups excluding tert-OH is 1. The van der Waals surface area contributed by atoms with Crippen molar-refractivity contribution >= 4 is 0 Å². The maximum absolute atomic E-state index is 10.1. The Balaban J connectivity index is 1.93. The molecule has 0 radical (unpaired) electrons. The highest BCUT2D eigenvalue weighted by Gasteiger charge is 2.25. The minimum atomic E-state index is -0.264. The van der Waals surface area contributed by atoms with Crippen molar-refractivity contribution in [2.75, 3.05) is 13.1 Å². The summed E-state index contributed by atoms with van der Waals surface area (Å²) < 4.78 is 1.90. The lowest BCUT2D eigenvalue weighted by molar-refractivity contribution is 0.0685. The molecule has 0 aromatic carbocycles. The summed E-state index contributed by atoms with van der Waals surface area (Å²) >= 11 is 0. The molecule has 1 saturated carbocycles. The van der Waals surface area contributed by atoms with Crippen LogP contribution in [0.4, 0.5) is 0 Å². The van der Waals surface area contributed by atoms with Gasteiger partial charge in [0.25, 0.3) is 0 Å². The van der Waals surface area contributed by atoms with E-state index in [-0.39, 0.29) is 12.1 Å². The van der Waals surface area contributed by atoms with Gasteiger partial charge in [-0.05, 0) is 38.8 Å². The summed E-state index contributed by atoms with van der Waals surface area (Å²) in [7, 11) is 0. The maximum Gasteiger partial charge on any atom is 0.0967 e. The first kappa shape index (κ1) is 17.4. The molecule has 0 amide bonds. The van der Waals surface area contributed by atoms with Gasteiger partial charge in [-0.1, -0.05) is 44.7 Å². The zero-order valence-corrected chi connectivity index (χ0v) is 14.2. The van der Waals surface area contributed by atoms with Gasteiger partial charge >= 0.3 is 0 Å². The minimum Gasteiger partial charge on any atom is -0.391 e. The van der Waals surface area contributed by atoms with Crippen molar-refractivity contribution in [3.05, 3.63) is 11.9 Å². The summed E-state index contributed by atoms with van der Waals surface area (Å²) in [4.78, 5) is 2.48. The van der Waals surface area contributed by atoms with Crippen LogP contribution in [0.1, 0.15) is 76.9 Å². The molecule has 1 aliphatic carbocycles. The fraction of sp³-hybridized carbons (Fsp3) is 0.882. The Morgan fingerprint density at radius 1 is 1.18 bits per heavy atom. The van der Waals surface area contributed by atoms with E-state index >= 15 is 0 Å². The highest BCUT2D eigenvalue weighted by Crippen LogP contribution is 2.27. The summed E-state index contributed by atoms with van der Waals surface area (Å²) in [5.74, 6) is 0. The van der Waals surface area contributed by atoms with Crippen LogP contribution < -0.4 is 0 Å². The van der Waals surface area contributed by atoms with E-state index < -0.39 is 0 Å². The summed E-state index contributed by atoms with van der Waals surface area (Å²) in [6.07, 6.45) is 10.9. The largest absolute Gasteiger partial charge is 0.391 e. The SMILES string of the molecule is CCCCN(CCCC)Cc1cn([C@@H]2CCCC[C@H]2O)nn1. The van der Waals surface area contributed by atoms with Gasteiger partial charge in [0.15, 0.2) is 0 Å². The Hall–Kier alpha value is -0.940. The molecule has 0 saturated heterocycles. The number of aliphatic hydroxyl groups is 1. The van der Waals surface area contributed by atoms with Crippen molar-refractivity contribution < 1.29 is 5.11 Å². The quantitative estimate of drug-likeness (QED) is 0.761. The number of unbranched alkanes of at least 4 members (excludes halogenated alkanes) is 2. The third-order valence-electron chi connectivity index (χ3n) is 4.63. The summed E-state index contributed by atoms with van der Waals surface area (Å²) in [6, 6.07) is 0.120. The fourth-order valence-corrected chi connectivity index (χ4v) is 3.21. The first-order valence-corrected chi connectivity index (χ1v) is 9.05. The molecule has 5 heteroatoms. The van der Waals surface area contributed by atoms with Crippen molar-refractivity contribution in [3.8, 4) is 0 Å². The molecule has 2 rings (SSSR count). The molecule has 1 fully saturated rings. The Labute approximate surface area is 134 Å². The first-order valence-electron chi connectivity index (χ1n) is 9.05. The zero-order valence-electron chi connectivity index (χ0n) is 14.2. The molecule has 126 valence electrons. The van der Waals surface area contributed by atoms with E-state index in [9.17, 15) is 5.11 Å². The van der Waals surface area contributed by atoms with Gasteiger partial charge < -0.3 is 5.11 Å². The van der Waals surface area contributed by atoms with Gasteiger partial charge in [-0.2, -0.15) is 0 Å². The van der Waals surface area contributed by atoms with Crippen LogP contribution in [0, 0.1) is 0 Å². The van der Waals surface area contributed by atoms with Crippen LogP contribution in [-0.2, 0) is 6.54 Å². The Morgan fingerprint density at radius 2 is 1.86 bits per heavy atom. The van der Waals surface area contributed by atoms with Crippen LogP contribution in [0.5, 0.6) is 0 Å². The fourth-order valence-electron chi connectivity index (χ4n) is 3.21. The van der Waals surface area contributed by atoms with Gasteiger partial charge in [0.2, 0.25) is 0 Å². The van der Waals surface area contributed by atoms with Gasteiger partial charge in [-0.25, -0.2) is 4.68 Å². The predicted octanol–water partition coefficient (Wildman–Crippen LogP) is 3.16. The standard InChI is InChI=1S/C17H32N4O/c1-3-5-11-20(12-6-4-2)13-15-14-21(19-18-15)16-9-7-8-10-17(16)22/h14,16-17,22H,3-13H2,1-2H3/t16-,17-/m1/s1. The summed E-state index contributed by atoms with van der Waals surface area (Å²) in [5, 5.41) is 18.8. The van der Waals surface area contributed by atoms with Gasteiger partial charge in [-0.3, -0.25) is 4.90 Å². The normalized spacial score (nSPS) is 22.4. The van der Waals surface area contributed by atoms with E-state index in [0.29, 0.717) is 0 Å². The topological polar surface area (TPSA) is 54.2 Å². The van der Waals surface area contributed by atoms with Gasteiger partial charge in [0, 0.05) is 6.54 Å². The van der Waals surface area contributed by atoms with Gasteiger partial charge in [0.05, 0.1) is 24.0 Å². The molecule has 5 nitrogen and oxygen atoms in total. The van der Waals surface area contributed by atoms with E-state index in [2.05, 4.69) is 29.1 Å². The average molecular weight is 308 g/mol. The highest BCUT2D eigenvalue weighted by molar-refractivity contribution is 4.95. The van der Waals surface area contributed by atoms with Gasteiger partial charge in [-0.15, -0.1) is 5.10 Å². The van der Waals surface area contributed by atoms with E-state index in [1.807, 2.05) is 10.9 Å². The molecule has 1 aliphatic rings. The molecule has 0 bridgehead atoms. The van der Waals surface area contributed by atoms with Crippen molar-refractivity contribution in [3.63, 3.8) is 0 Å². The third kappa shape index (κ3) is 5.06. The molecule has 0 unspecified atom stereocenters. The lowest BCUT2D eigenvalue weighted by Gasteiger charge is -2.27. The maximum atomic E-state index is 10.1. The van der Waals surface area contributed by atoms with Crippen LogP contribution in [0.15, 0.2) is 6.20 Å².